The molecule has 1 aromatic rings. The molecule has 0 spiro atoms. The van der Waals surface area contributed by atoms with Gasteiger partial charge >= 0.3 is 0 Å². The molecule has 17 heavy (non-hydrogen) atoms. The van der Waals surface area contributed by atoms with Crippen LogP contribution in [0.2, 0.25) is 0 Å². The summed E-state index contributed by atoms with van der Waals surface area (Å²) in [4.78, 5) is 0. The summed E-state index contributed by atoms with van der Waals surface area (Å²) in [6.45, 7) is 4.55. The Morgan fingerprint density at radius 1 is 1.29 bits per heavy atom. The van der Waals surface area contributed by atoms with Crippen molar-refractivity contribution in [2.75, 3.05) is 19.8 Å². The Bertz CT molecular complexity index is 302. The quantitative estimate of drug-likeness (QED) is 0.648. The first kappa shape index (κ1) is 14.0. The molecule has 2 N–H and O–H groups in total. The van der Waals surface area contributed by atoms with Gasteiger partial charge in [-0.2, -0.15) is 0 Å². The molecule has 0 aliphatic rings. The van der Waals surface area contributed by atoms with Crippen LogP contribution in [0.3, 0.4) is 0 Å². The van der Waals surface area contributed by atoms with Crippen LogP contribution >= 0.6 is 0 Å². The second-order valence-corrected chi connectivity index (χ2v) is 4.10. The summed E-state index contributed by atoms with van der Waals surface area (Å²) in [6.07, 6.45) is 3.55. The number of hydrogen-bond donors (Lipinski definition) is 2. The fourth-order valence-electron chi connectivity index (χ4n) is 1.60. The van der Waals surface area contributed by atoms with E-state index in [0.717, 1.165) is 25.3 Å². The smallest absolute Gasteiger partial charge is 0.119 e. The van der Waals surface area contributed by atoms with E-state index < -0.39 is 0 Å². The first-order valence-corrected chi connectivity index (χ1v) is 6.40. The van der Waals surface area contributed by atoms with Gasteiger partial charge in [-0.15, -0.1) is 0 Å². The SMILES string of the molecule is CCCCCOc1cccc(CNCCO)c1. The standard InChI is InChI=1S/C14H23NO2/c1-2-3-4-10-17-14-7-5-6-13(11-14)12-15-8-9-16/h5-7,11,15-16H,2-4,8-10,12H2,1H3. The molecule has 3 nitrogen and oxygen atoms in total. The van der Waals surface area contributed by atoms with E-state index in [1.165, 1.54) is 18.4 Å². The molecule has 0 bridgehead atoms. The van der Waals surface area contributed by atoms with Crippen molar-refractivity contribution in [3.8, 4) is 5.75 Å². The van der Waals surface area contributed by atoms with E-state index in [4.69, 9.17) is 9.84 Å². The fourth-order valence-corrected chi connectivity index (χ4v) is 1.60. The van der Waals surface area contributed by atoms with Crippen molar-refractivity contribution in [3.05, 3.63) is 29.8 Å². The van der Waals surface area contributed by atoms with Gasteiger partial charge in [0.05, 0.1) is 13.2 Å². The highest BCUT2D eigenvalue weighted by molar-refractivity contribution is 5.28. The first-order valence-electron chi connectivity index (χ1n) is 6.40. The zero-order valence-electron chi connectivity index (χ0n) is 10.6. The minimum Gasteiger partial charge on any atom is -0.494 e. The maximum Gasteiger partial charge on any atom is 0.119 e. The van der Waals surface area contributed by atoms with Crippen molar-refractivity contribution in [3.63, 3.8) is 0 Å². The number of hydrogen-bond acceptors (Lipinski definition) is 3. The molecule has 0 saturated carbocycles. The third-order valence-electron chi connectivity index (χ3n) is 2.53. The van der Waals surface area contributed by atoms with E-state index in [2.05, 4.69) is 24.4 Å². The number of aliphatic hydroxyl groups is 1. The van der Waals surface area contributed by atoms with E-state index in [-0.39, 0.29) is 6.61 Å². The Morgan fingerprint density at radius 3 is 2.94 bits per heavy atom. The zero-order valence-corrected chi connectivity index (χ0v) is 10.6. The molecule has 0 saturated heterocycles. The Morgan fingerprint density at radius 2 is 2.18 bits per heavy atom. The van der Waals surface area contributed by atoms with E-state index in [1.54, 1.807) is 0 Å². The molecule has 1 rings (SSSR count). The molecule has 0 fully saturated rings. The van der Waals surface area contributed by atoms with Crippen LogP contribution in [0.25, 0.3) is 0 Å². The highest BCUT2D eigenvalue weighted by Crippen LogP contribution is 2.13. The van der Waals surface area contributed by atoms with Gasteiger partial charge in [-0.05, 0) is 24.1 Å². The van der Waals surface area contributed by atoms with Gasteiger partial charge in [0.1, 0.15) is 5.75 Å². The van der Waals surface area contributed by atoms with Crippen LogP contribution in [-0.4, -0.2) is 24.9 Å². The second-order valence-electron chi connectivity index (χ2n) is 4.10. The van der Waals surface area contributed by atoms with Crippen molar-refractivity contribution in [1.82, 2.24) is 5.32 Å². The van der Waals surface area contributed by atoms with Crippen LogP contribution in [-0.2, 0) is 6.54 Å². The average molecular weight is 237 g/mol. The van der Waals surface area contributed by atoms with E-state index >= 15 is 0 Å². The molecule has 96 valence electrons. The van der Waals surface area contributed by atoms with E-state index in [1.807, 2.05) is 12.1 Å². The summed E-state index contributed by atoms with van der Waals surface area (Å²) in [5.74, 6) is 0.935. The normalized spacial score (nSPS) is 10.5. The molecular weight excluding hydrogens is 214 g/mol. The molecule has 0 atom stereocenters. The lowest BCUT2D eigenvalue weighted by Crippen LogP contribution is -2.17. The lowest BCUT2D eigenvalue weighted by atomic mass is 10.2. The van der Waals surface area contributed by atoms with Gasteiger partial charge in [0.2, 0.25) is 0 Å². The van der Waals surface area contributed by atoms with Gasteiger partial charge in [-0.1, -0.05) is 31.9 Å². The summed E-state index contributed by atoms with van der Waals surface area (Å²) in [7, 11) is 0. The molecule has 0 radical (unpaired) electrons. The highest BCUT2D eigenvalue weighted by atomic mass is 16.5. The zero-order chi connectivity index (χ0) is 12.3. The number of rotatable bonds is 9. The Labute approximate surface area is 104 Å². The topological polar surface area (TPSA) is 41.5 Å². The van der Waals surface area contributed by atoms with Crippen molar-refractivity contribution < 1.29 is 9.84 Å². The van der Waals surface area contributed by atoms with Gasteiger partial charge in [0, 0.05) is 13.1 Å². The number of benzene rings is 1. The van der Waals surface area contributed by atoms with Crippen molar-refractivity contribution >= 4 is 0 Å². The van der Waals surface area contributed by atoms with Gasteiger partial charge in [0.25, 0.3) is 0 Å². The van der Waals surface area contributed by atoms with Crippen LogP contribution in [0, 0.1) is 0 Å². The third-order valence-corrected chi connectivity index (χ3v) is 2.53. The lowest BCUT2D eigenvalue weighted by molar-refractivity contribution is 0.291. The molecule has 3 heteroatoms. The number of ether oxygens (including phenoxy) is 1. The van der Waals surface area contributed by atoms with Crippen LogP contribution < -0.4 is 10.1 Å². The van der Waals surface area contributed by atoms with Crippen molar-refractivity contribution in [2.24, 2.45) is 0 Å². The minimum absolute atomic E-state index is 0.174. The highest BCUT2D eigenvalue weighted by Gasteiger charge is 1.97. The van der Waals surface area contributed by atoms with Crippen LogP contribution in [0.1, 0.15) is 31.7 Å². The van der Waals surface area contributed by atoms with Gasteiger partial charge < -0.3 is 15.2 Å². The number of aliphatic hydroxyl groups excluding tert-OH is 1. The van der Waals surface area contributed by atoms with E-state index in [9.17, 15) is 0 Å². The maximum atomic E-state index is 8.68. The Hall–Kier alpha value is -1.06. The Balaban J connectivity index is 2.31. The first-order chi connectivity index (χ1) is 8.36. The van der Waals surface area contributed by atoms with Gasteiger partial charge in [-0.3, -0.25) is 0 Å². The molecule has 0 aliphatic heterocycles. The summed E-state index contributed by atoms with van der Waals surface area (Å²) in [5, 5.41) is 11.8. The summed E-state index contributed by atoms with van der Waals surface area (Å²) >= 11 is 0. The number of unbranched alkanes of at least 4 members (excludes halogenated alkanes) is 2. The summed E-state index contributed by atoms with van der Waals surface area (Å²) < 4.78 is 5.68. The van der Waals surface area contributed by atoms with Crippen LogP contribution in [0.4, 0.5) is 0 Å². The predicted octanol–water partition coefficient (Wildman–Crippen LogP) is 2.34. The number of nitrogens with one attached hydrogen (secondary N) is 1. The monoisotopic (exact) mass is 237 g/mol. The maximum absolute atomic E-state index is 8.68. The average Bonchev–Trinajstić information content (AvgIpc) is 2.36. The van der Waals surface area contributed by atoms with Gasteiger partial charge in [-0.25, -0.2) is 0 Å². The summed E-state index contributed by atoms with van der Waals surface area (Å²) in [6, 6.07) is 8.10. The second kappa shape index (κ2) is 9.02. The van der Waals surface area contributed by atoms with Crippen molar-refractivity contribution in [1.29, 1.82) is 0 Å². The fraction of sp³-hybridized carbons (Fsp3) is 0.571. The molecule has 0 heterocycles. The molecule has 1 aromatic carbocycles. The minimum atomic E-state index is 0.174. The van der Waals surface area contributed by atoms with Crippen LogP contribution in [0.15, 0.2) is 24.3 Å². The predicted molar refractivity (Wildman–Crippen MR) is 70.3 cm³/mol. The van der Waals surface area contributed by atoms with Crippen LogP contribution in [0.5, 0.6) is 5.75 Å². The molecule has 0 aromatic heterocycles. The molecule has 0 amide bonds. The Kier molecular flexibility index (Phi) is 7.43. The lowest BCUT2D eigenvalue weighted by Gasteiger charge is -2.08. The molecule has 0 aliphatic carbocycles. The largest absolute Gasteiger partial charge is 0.494 e. The van der Waals surface area contributed by atoms with E-state index in [0.29, 0.717) is 6.54 Å². The van der Waals surface area contributed by atoms with Crippen molar-refractivity contribution in [2.45, 2.75) is 32.7 Å². The van der Waals surface area contributed by atoms with Gasteiger partial charge in [0.15, 0.2) is 0 Å². The summed E-state index contributed by atoms with van der Waals surface area (Å²) in [5.41, 5.74) is 1.19. The third kappa shape index (κ3) is 6.29. The molecule has 0 unspecified atom stereocenters. The molecular formula is C14H23NO2.